The fourth-order valence-corrected chi connectivity index (χ4v) is 6.31. The molecule has 2 unspecified atom stereocenters. The molecule has 9 heteroatoms. The monoisotopic (exact) mass is 503 g/mol. The molecule has 2 heterocycles. The molecule has 0 bridgehead atoms. The fraction of sp³-hybridized carbons (Fsp3) is 0.222. The smallest absolute Gasteiger partial charge is 0.252 e. The van der Waals surface area contributed by atoms with E-state index in [0.717, 1.165) is 10.4 Å². The van der Waals surface area contributed by atoms with Crippen molar-refractivity contribution in [2.24, 2.45) is 0 Å². The van der Waals surface area contributed by atoms with Gasteiger partial charge in [0.1, 0.15) is 11.6 Å². The summed E-state index contributed by atoms with van der Waals surface area (Å²) in [6.07, 6.45) is 0.269. The van der Waals surface area contributed by atoms with Gasteiger partial charge in [-0.3, -0.25) is 9.59 Å². The van der Waals surface area contributed by atoms with E-state index in [1.54, 1.807) is 49.4 Å². The molecule has 0 spiro atoms. The number of oxazole rings is 1. The maximum absolute atomic E-state index is 13.5. The van der Waals surface area contributed by atoms with Crippen LogP contribution in [0.2, 0.25) is 0 Å². The molecule has 8 nitrogen and oxygen atoms in total. The summed E-state index contributed by atoms with van der Waals surface area (Å²) in [6.45, 7) is 3.60. The number of imide groups is 1. The fourth-order valence-electron chi connectivity index (χ4n) is 4.44. The molecular weight excluding hydrogens is 478 g/mol. The number of amides is 2. The first kappa shape index (κ1) is 23.9. The number of anilines is 1. The van der Waals surface area contributed by atoms with Gasteiger partial charge in [0.25, 0.3) is 5.91 Å². The van der Waals surface area contributed by atoms with Crippen LogP contribution < -0.4 is 4.90 Å². The Morgan fingerprint density at radius 1 is 1.00 bits per heavy atom. The average Bonchev–Trinajstić information content (AvgIpc) is 3.45. The van der Waals surface area contributed by atoms with Gasteiger partial charge in [-0.2, -0.15) is 4.31 Å². The number of hydrogen-bond donors (Lipinski definition) is 0. The highest BCUT2D eigenvalue weighted by molar-refractivity contribution is 7.89. The van der Waals surface area contributed by atoms with Gasteiger partial charge in [0.05, 0.1) is 17.0 Å². The SMILES string of the molecule is CCC(C)N(C1CC(=O)N(c2ccc(-c3nc4ccccc4o3)cc2)C1=O)S(=O)(=O)c1ccccc1. The summed E-state index contributed by atoms with van der Waals surface area (Å²) in [5.74, 6) is -0.581. The van der Waals surface area contributed by atoms with Gasteiger partial charge in [-0.25, -0.2) is 18.3 Å². The van der Waals surface area contributed by atoms with Crippen molar-refractivity contribution in [1.29, 1.82) is 0 Å². The molecule has 36 heavy (non-hydrogen) atoms. The standard InChI is InChI=1S/C27H25N3O5S/c1-3-18(2)30(36(33,34)21-9-5-4-6-10-21)23-17-25(31)29(27(23)32)20-15-13-19(14-16-20)26-28-22-11-7-8-12-24(22)35-26/h4-16,18,23H,3,17H2,1-2H3. The van der Waals surface area contributed by atoms with Crippen LogP contribution in [0.4, 0.5) is 5.69 Å². The van der Waals surface area contributed by atoms with Crippen LogP contribution in [0.15, 0.2) is 88.2 Å². The Morgan fingerprint density at radius 2 is 1.67 bits per heavy atom. The van der Waals surface area contributed by atoms with Crippen LogP contribution in [0.5, 0.6) is 0 Å². The number of sulfonamides is 1. The quantitative estimate of drug-likeness (QED) is 0.341. The largest absolute Gasteiger partial charge is 0.436 e. The summed E-state index contributed by atoms with van der Waals surface area (Å²) < 4.78 is 34.0. The van der Waals surface area contributed by atoms with E-state index in [2.05, 4.69) is 4.98 Å². The minimum Gasteiger partial charge on any atom is -0.436 e. The number of rotatable bonds is 7. The zero-order valence-corrected chi connectivity index (χ0v) is 20.7. The number of para-hydroxylation sites is 2. The lowest BCUT2D eigenvalue weighted by Crippen LogP contribution is -2.49. The van der Waals surface area contributed by atoms with Crippen molar-refractivity contribution in [3.63, 3.8) is 0 Å². The van der Waals surface area contributed by atoms with Gasteiger partial charge >= 0.3 is 0 Å². The molecule has 2 amide bonds. The van der Waals surface area contributed by atoms with E-state index in [-0.39, 0.29) is 11.3 Å². The van der Waals surface area contributed by atoms with Gasteiger partial charge in [-0.1, -0.05) is 37.3 Å². The highest BCUT2D eigenvalue weighted by Gasteiger charge is 2.48. The number of carbonyl (C=O) groups is 2. The molecule has 3 aromatic carbocycles. The van der Waals surface area contributed by atoms with Crippen molar-refractivity contribution in [1.82, 2.24) is 9.29 Å². The van der Waals surface area contributed by atoms with E-state index in [1.165, 1.54) is 16.4 Å². The maximum Gasteiger partial charge on any atom is 0.252 e. The van der Waals surface area contributed by atoms with Crippen molar-refractivity contribution in [3.8, 4) is 11.5 Å². The average molecular weight is 504 g/mol. The van der Waals surface area contributed by atoms with Crippen molar-refractivity contribution < 1.29 is 22.4 Å². The predicted molar refractivity (Wildman–Crippen MR) is 136 cm³/mol. The highest BCUT2D eigenvalue weighted by Crippen LogP contribution is 2.33. The van der Waals surface area contributed by atoms with E-state index in [1.807, 2.05) is 31.2 Å². The second-order valence-electron chi connectivity index (χ2n) is 8.73. The first-order chi connectivity index (χ1) is 17.3. The van der Waals surface area contributed by atoms with Gasteiger partial charge in [0.15, 0.2) is 5.58 Å². The molecule has 5 rings (SSSR count). The van der Waals surface area contributed by atoms with Crippen LogP contribution in [0.25, 0.3) is 22.6 Å². The Hall–Kier alpha value is -3.82. The Balaban J connectivity index is 1.45. The summed E-state index contributed by atoms with van der Waals surface area (Å²) in [7, 11) is -4.00. The van der Waals surface area contributed by atoms with E-state index < -0.39 is 33.9 Å². The summed E-state index contributed by atoms with van der Waals surface area (Å²) in [4.78, 5) is 32.1. The lowest BCUT2D eigenvalue weighted by Gasteiger charge is -2.31. The zero-order valence-electron chi connectivity index (χ0n) is 19.9. The van der Waals surface area contributed by atoms with Crippen LogP contribution in [-0.2, 0) is 19.6 Å². The van der Waals surface area contributed by atoms with Gasteiger partial charge in [-0.05, 0) is 61.9 Å². The molecule has 0 aliphatic carbocycles. The molecule has 0 saturated carbocycles. The van der Waals surface area contributed by atoms with Crippen LogP contribution in [0, 0.1) is 0 Å². The number of hydrogen-bond acceptors (Lipinski definition) is 6. The maximum atomic E-state index is 13.5. The van der Waals surface area contributed by atoms with E-state index >= 15 is 0 Å². The molecule has 1 fully saturated rings. The minimum atomic E-state index is -4.00. The molecule has 1 aromatic heterocycles. The second kappa shape index (κ2) is 9.33. The third-order valence-corrected chi connectivity index (χ3v) is 8.48. The first-order valence-electron chi connectivity index (χ1n) is 11.7. The lowest BCUT2D eigenvalue weighted by atomic mass is 10.2. The first-order valence-corrected chi connectivity index (χ1v) is 13.2. The van der Waals surface area contributed by atoms with E-state index in [0.29, 0.717) is 29.1 Å². The normalized spacial score (nSPS) is 17.3. The van der Waals surface area contributed by atoms with Crippen LogP contribution in [0.1, 0.15) is 26.7 Å². The molecule has 0 N–H and O–H groups in total. The molecule has 0 radical (unpaired) electrons. The predicted octanol–water partition coefficient (Wildman–Crippen LogP) is 4.62. The van der Waals surface area contributed by atoms with Crippen LogP contribution in [-0.4, -0.2) is 41.6 Å². The molecular formula is C27H25N3O5S. The molecule has 1 aliphatic rings. The Kier molecular flexibility index (Phi) is 6.19. The summed E-state index contributed by atoms with van der Waals surface area (Å²) in [5.41, 5.74) is 2.45. The zero-order chi connectivity index (χ0) is 25.4. The number of nitrogens with zero attached hydrogens (tertiary/aromatic N) is 3. The van der Waals surface area contributed by atoms with Crippen molar-refractivity contribution in [3.05, 3.63) is 78.9 Å². The number of benzene rings is 3. The van der Waals surface area contributed by atoms with Gasteiger partial charge in [-0.15, -0.1) is 0 Å². The molecule has 184 valence electrons. The van der Waals surface area contributed by atoms with Crippen molar-refractivity contribution in [2.75, 3.05) is 4.90 Å². The summed E-state index contributed by atoms with van der Waals surface area (Å²) >= 11 is 0. The number of aromatic nitrogens is 1. The molecule has 4 aromatic rings. The number of fused-ring (bicyclic) bond motifs is 1. The lowest BCUT2D eigenvalue weighted by molar-refractivity contribution is -0.122. The van der Waals surface area contributed by atoms with E-state index in [4.69, 9.17) is 4.42 Å². The minimum absolute atomic E-state index is 0.0895. The van der Waals surface area contributed by atoms with Gasteiger partial charge in [0.2, 0.25) is 21.8 Å². The van der Waals surface area contributed by atoms with E-state index in [9.17, 15) is 18.0 Å². The van der Waals surface area contributed by atoms with Crippen LogP contribution in [0.3, 0.4) is 0 Å². The molecule has 2 atom stereocenters. The molecule has 1 aliphatic heterocycles. The molecule has 1 saturated heterocycles. The Labute approximate surface area is 209 Å². The number of carbonyl (C=O) groups excluding carboxylic acids is 2. The third kappa shape index (κ3) is 4.10. The summed E-state index contributed by atoms with van der Waals surface area (Å²) in [5, 5.41) is 0. The Bertz CT molecular complexity index is 1500. The third-order valence-electron chi connectivity index (χ3n) is 6.44. The van der Waals surface area contributed by atoms with Gasteiger partial charge in [0, 0.05) is 11.6 Å². The Morgan fingerprint density at radius 3 is 2.33 bits per heavy atom. The van der Waals surface area contributed by atoms with Crippen molar-refractivity contribution >= 4 is 38.6 Å². The highest BCUT2D eigenvalue weighted by atomic mass is 32.2. The summed E-state index contributed by atoms with van der Waals surface area (Å²) in [6, 6.07) is 20.5. The topological polar surface area (TPSA) is 101 Å². The van der Waals surface area contributed by atoms with Gasteiger partial charge < -0.3 is 4.42 Å². The van der Waals surface area contributed by atoms with Crippen LogP contribution >= 0.6 is 0 Å². The second-order valence-corrected chi connectivity index (χ2v) is 10.6. The van der Waals surface area contributed by atoms with Crippen molar-refractivity contribution in [2.45, 2.75) is 43.7 Å².